The van der Waals surface area contributed by atoms with Crippen molar-refractivity contribution < 1.29 is 42.1 Å². The molecule has 510 valence electrons. The molecule has 0 saturated heterocycles. The van der Waals surface area contributed by atoms with Crippen molar-refractivity contribution >= 4 is 19.8 Å². The molecule has 0 aromatic heterocycles. The average molecular weight is 1250 g/mol. The van der Waals surface area contributed by atoms with Gasteiger partial charge in [-0.3, -0.25) is 14.2 Å². The molecule has 2 unspecified atom stereocenters. The molecule has 9 nitrogen and oxygen atoms in total. The normalized spacial score (nSPS) is 13.7. The van der Waals surface area contributed by atoms with Gasteiger partial charge in [-0.2, -0.15) is 0 Å². The molecule has 0 aromatic rings. The van der Waals surface area contributed by atoms with E-state index in [4.69, 9.17) is 18.5 Å². The monoisotopic (exact) mass is 1250 g/mol. The lowest BCUT2D eigenvalue weighted by atomic mass is 10.0. The van der Waals surface area contributed by atoms with Crippen molar-refractivity contribution in [3.05, 3.63) is 97.2 Å². The van der Waals surface area contributed by atoms with Crippen molar-refractivity contribution in [2.45, 2.75) is 341 Å². The van der Waals surface area contributed by atoms with E-state index in [9.17, 15) is 19.0 Å². The fourth-order valence-corrected chi connectivity index (χ4v) is 11.3. The molecule has 0 fully saturated rings. The van der Waals surface area contributed by atoms with Crippen LogP contribution in [0.25, 0.3) is 0 Å². The molecule has 0 aliphatic rings. The van der Waals surface area contributed by atoms with Crippen LogP contribution in [0.5, 0.6) is 0 Å². The highest BCUT2D eigenvalue weighted by Crippen LogP contribution is 2.38. The van der Waals surface area contributed by atoms with E-state index in [1.54, 1.807) is 0 Å². The smallest absolute Gasteiger partial charge is 0.306 e. The highest BCUT2D eigenvalue weighted by atomic mass is 31.2. The predicted molar refractivity (Wildman–Crippen MR) is 379 cm³/mol. The van der Waals surface area contributed by atoms with Gasteiger partial charge in [0.05, 0.1) is 27.7 Å². The lowest BCUT2D eigenvalue weighted by Crippen LogP contribution is -2.37. The standard InChI is InChI=1S/C78H140NO8P/c1-6-8-10-12-14-16-18-20-22-24-26-28-30-32-33-34-35-36-37-38-39-40-41-42-43-44-45-47-49-51-53-55-57-59-61-63-65-67-69-71-78(81)87-76(75-86-88(82,83)85-73-72-79(3,4)5)74-84-77(80)70-68-66-64-62-60-58-56-54-52-50-48-46-31-29-27-25-23-21-19-17-15-13-11-9-7-2/h8-11,14-17,20-23,26-29,76H,6-7,12-13,18-19,24-25,30-75H2,1-5H3/b10-8-,11-9-,16-14-,17-15-,22-20-,23-21-,28-26-,29-27-. The summed E-state index contributed by atoms with van der Waals surface area (Å²) >= 11 is 0. The van der Waals surface area contributed by atoms with Crippen molar-refractivity contribution in [3.8, 4) is 0 Å². The number of quaternary nitrogens is 1. The molecule has 0 aliphatic carbocycles. The van der Waals surface area contributed by atoms with Gasteiger partial charge in [-0.15, -0.1) is 0 Å². The number of hydrogen-bond donors (Lipinski definition) is 0. The van der Waals surface area contributed by atoms with Gasteiger partial charge in [0.2, 0.25) is 0 Å². The Kier molecular flexibility index (Phi) is 65.9. The van der Waals surface area contributed by atoms with Crippen LogP contribution < -0.4 is 4.89 Å². The van der Waals surface area contributed by atoms with Gasteiger partial charge < -0.3 is 27.9 Å². The molecule has 88 heavy (non-hydrogen) atoms. The minimum atomic E-state index is -4.65. The zero-order chi connectivity index (χ0) is 64.1. The number of rotatable bonds is 68. The summed E-state index contributed by atoms with van der Waals surface area (Å²) in [7, 11) is 1.17. The number of allylic oxidation sites excluding steroid dienone is 16. The Morgan fingerprint density at radius 1 is 0.352 bits per heavy atom. The number of phosphoric acid groups is 1. The number of hydrogen-bond acceptors (Lipinski definition) is 8. The molecule has 0 radical (unpaired) electrons. The first-order chi connectivity index (χ1) is 43.0. The molecule has 10 heteroatoms. The van der Waals surface area contributed by atoms with Gasteiger partial charge in [0, 0.05) is 12.8 Å². The van der Waals surface area contributed by atoms with Gasteiger partial charge in [-0.25, -0.2) is 0 Å². The molecule has 2 atom stereocenters. The summed E-state index contributed by atoms with van der Waals surface area (Å²) in [5.41, 5.74) is 0. The second kappa shape index (κ2) is 68.3. The van der Waals surface area contributed by atoms with Crippen LogP contribution in [0, 0.1) is 0 Å². The van der Waals surface area contributed by atoms with E-state index in [1.807, 2.05) is 21.1 Å². The Balaban J connectivity index is 3.94. The van der Waals surface area contributed by atoms with E-state index in [2.05, 4.69) is 111 Å². The van der Waals surface area contributed by atoms with Crippen molar-refractivity contribution in [1.82, 2.24) is 0 Å². The first-order valence-electron chi connectivity index (χ1n) is 36.9. The van der Waals surface area contributed by atoms with Crippen molar-refractivity contribution in [2.75, 3.05) is 47.5 Å². The van der Waals surface area contributed by atoms with E-state index < -0.39 is 26.5 Å². The molecule has 0 amide bonds. The second-order valence-corrected chi connectivity index (χ2v) is 27.3. The SMILES string of the molecule is CC/C=C\C/C=C\C/C=C\C/C=C\CCCCCCCCCCCCCCCCCCCCCCCCCCCCC(=O)OC(COC(=O)CCCCCCCCCCCCCC/C=C\C/C=C\C/C=C\C/C=C\CC)COP(=O)([O-])OCC[N+](C)(C)C. The zero-order valence-electron chi connectivity index (χ0n) is 58.2. The van der Waals surface area contributed by atoms with Crippen LogP contribution in [0.4, 0.5) is 0 Å². The molecule has 0 N–H and O–H groups in total. The Bertz CT molecular complexity index is 1810. The second-order valence-electron chi connectivity index (χ2n) is 25.9. The van der Waals surface area contributed by atoms with Crippen molar-refractivity contribution in [1.29, 1.82) is 0 Å². The lowest BCUT2D eigenvalue weighted by Gasteiger charge is -2.28. The number of nitrogens with zero attached hydrogens (tertiary/aromatic N) is 1. The van der Waals surface area contributed by atoms with Crippen LogP contribution in [0.2, 0.25) is 0 Å². The third-order valence-corrected chi connectivity index (χ3v) is 17.1. The summed E-state index contributed by atoms with van der Waals surface area (Å²) in [6.45, 7) is 4.05. The number of carbonyl (C=O) groups is 2. The maximum Gasteiger partial charge on any atom is 0.306 e. The van der Waals surface area contributed by atoms with E-state index in [0.717, 1.165) is 83.5 Å². The molecule has 0 heterocycles. The fraction of sp³-hybridized carbons (Fsp3) is 0.769. The third-order valence-electron chi connectivity index (χ3n) is 16.1. The number of carbonyl (C=O) groups excluding carboxylic acids is 2. The van der Waals surface area contributed by atoms with E-state index in [1.165, 1.54) is 218 Å². The molecule has 0 saturated carbocycles. The van der Waals surface area contributed by atoms with Crippen LogP contribution in [0.15, 0.2) is 97.2 Å². The molecule has 0 rings (SSSR count). The number of phosphoric ester groups is 1. The van der Waals surface area contributed by atoms with Crippen LogP contribution in [-0.2, 0) is 32.7 Å². The molecule has 0 spiro atoms. The Labute approximate surface area is 544 Å². The Hall–Kier alpha value is -3.07. The molecular formula is C78H140NO8P. The minimum Gasteiger partial charge on any atom is -0.756 e. The third kappa shape index (κ3) is 72.0. The largest absolute Gasteiger partial charge is 0.756 e. The summed E-state index contributed by atoms with van der Waals surface area (Å²) in [5, 5.41) is 0. The summed E-state index contributed by atoms with van der Waals surface area (Å²) in [6.07, 6.45) is 95.1. The van der Waals surface area contributed by atoms with Crippen LogP contribution in [0.1, 0.15) is 335 Å². The highest BCUT2D eigenvalue weighted by molar-refractivity contribution is 7.45. The quantitative estimate of drug-likeness (QED) is 0.0195. The zero-order valence-corrected chi connectivity index (χ0v) is 59.1. The summed E-state index contributed by atoms with van der Waals surface area (Å²) < 4.78 is 34.4. The van der Waals surface area contributed by atoms with Gasteiger partial charge in [0.15, 0.2) is 6.10 Å². The van der Waals surface area contributed by atoms with Gasteiger partial charge in [0.1, 0.15) is 19.8 Å². The molecule has 0 aromatic carbocycles. The maximum atomic E-state index is 12.9. The first-order valence-corrected chi connectivity index (χ1v) is 38.4. The fourth-order valence-electron chi connectivity index (χ4n) is 10.5. The van der Waals surface area contributed by atoms with Gasteiger partial charge in [-0.05, 0) is 89.9 Å². The number of esters is 2. The number of likely N-dealkylation sites (N-methyl/N-ethyl adjacent to an activating group) is 1. The molecular weight excluding hydrogens is 1110 g/mol. The highest BCUT2D eigenvalue weighted by Gasteiger charge is 2.22. The lowest BCUT2D eigenvalue weighted by molar-refractivity contribution is -0.870. The first kappa shape index (κ1) is 84.9. The van der Waals surface area contributed by atoms with Crippen molar-refractivity contribution in [3.63, 3.8) is 0 Å². The van der Waals surface area contributed by atoms with Crippen LogP contribution in [0.3, 0.4) is 0 Å². The molecule has 0 aliphatic heterocycles. The number of unbranched alkanes of at least 4 members (excludes halogenated alkanes) is 38. The summed E-state index contributed by atoms with van der Waals surface area (Å²) in [5.74, 6) is -0.823. The predicted octanol–water partition coefficient (Wildman–Crippen LogP) is 23.6. The Morgan fingerprint density at radius 3 is 0.909 bits per heavy atom. The van der Waals surface area contributed by atoms with Gasteiger partial charge in [0.25, 0.3) is 7.82 Å². The van der Waals surface area contributed by atoms with Gasteiger partial charge in [-0.1, -0.05) is 329 Å². The van der Waals surface area contributed by atoms with Crippen LogP contribution >= 0.6 is 7.82 Å². The van der Waals surface area contributed by atoms with E-state index in [-0.39, 0.29) is 32.0 Å². The average Bonchev–Trinajstić information content (AvgIpc) is 3.68. The Morgan fingerprint density at radius 2 is 0.614 bits per heavy atom. The summed E-state index contributed by atoms with van der Waals surface area (Å²) in [6, 6.07) is 0. The van der Waals surface area contributed by atoms with E-state index >= 15 is 0 Å². The number of ether oxygens (including phenoxy) is 2. The minimum absolute atomic E-state index is 0.0320. The van der Waals surface area contributed by atoms with Crippen molar-refractivity contribution in [2.24, 2.45) is 0 Å². The van der Waals surface area contributed by atoms with Gasteiger partial charge >= 0.3 is 11.9 Å². The summed E-state index contributed by atoms with van der Waals surface area (Å²) in [4.78, 5) is 38.1. The van der Waals surface area contributed by atoms with E-state index in [0.29, 0.717) is 17.4 Å². The topological polar surface area (TPSA) is 111 Å². The van der Waals surface area contributed by atoms with Crippen LogP contribution in [-0.4, -0.2) is 70.0 Å². The molecule has 0 bridgehead atoms. The maximum absolute atomic E-state index is 12.9.